The van der Waals surface area contributed by atoms with E-state index in [2.05, 4.69) is 81.5 Å². The SMILES string of the molecule is CCC(NCc1cccc(C)c1)c1ccc(OCCC(C)C)cc1. The Morgan fingerprint density at radius 3 is 2.42 bits per heavy atom. The second kappa shape index (κ2) is 9.48. The maximum Gasteiger partial charge on any atom is 0.119 e. The molecule has 0 aliphatic carbocycles. The molecule has 1 unspecified atom stereocenters. The molecule has 0 amide bonds. The molecule has 0 radical (unpaired) electrons. The van der Waals surface area contributed by atoms with Gasteiger partial charge >= 0.3 is 0 Å². The van der Waals surface area contributed by atoms with E-state index in [-0.39, 0.29) is 0 Å². The van der Waals surface area contributed by atoms with Gasteiger partial charge in [0, 0.05) is 12.6 Å². The van der Waals surface area contributed by atoms with Crippen molar-refractivity contribution >= 4 is 0 Å². The first-order valence-electron chi connectivity index (χ1n) is 9.10. The summed E-state index contributed by atoms with van der Waals surface area (Å²) in [5, 5.41) is 3.67. The predicted molar refractivity (Wildman–Crippen MR) is 102 cm³/mol. The molecule has 0 fully saturated rings. The molecular weight excluding hydrogens is 294 g/mol. The highest BCUT2D eigenvalue weighted by molar-refractivity contribution is 5.29. The molecule has 0 aliphatic rings. The van der Waals surface area contributed by atoms with Gasteiger partial charge in [-0.2, -0.15) is 0 Å². The minimum atomic E-state index is 0.371. The number of rotatable bonds is 9. The van der Waals surface area contributed by atoms with Gasteiger partial charge in [-0.15, -0.1) is 0 Å². The zero-order chi connectivity index (χ0) is 17.4. The monoisotopic (exact) mass is 325 g/mol. The van der Waals surface area contributed by atoms with E-state index in [0.717, 1.165) is 31.7 Å². The fraction of sp³-hybridized carbons (Fsp3) is 0.455. The summed E-state index contributed by atoms with van der Waals surface area (Å²) in [5.74, 6) is 1.65. The first-order valence-corrected chi connectivity index (χ1v) is 9.10. The van der Waals surface area contributed by atoms with Crippen LogP contribution in [0.1, 0.15) is 56.3 Å². The molecule has 24 heavy (non-hydrogen) atoms. The van der Waals surface area contributed by atoms with Gasteiger partial charge in [0.25, 0.3) is 0 Å². The Balaban J connectivity index is 1.90. The van der Waals surface area contributed by atoms with Crippen molar-refractivity contribution in [1.82, 2.24) is 5.32 Å². The van der Waals surface area contributed by atoms with E-state index in [0.29, 0.717) is 12.0 Å². The molecule has 0 spiro atoms. The number of aryl methyl sites for hydroxylation is 1. The van der Waals surface area contributed by atoms with Gasteiger partial charge in [-0.05, 0) is 48.9 Å². The fourth-order valence-electron chi connectivity index (χ4n) is 2.77. The summed E-state index contributed by atoms with van der Waals surface area (Å²) in [6.07, 6.45) is 2.16. The molecule has 0 bridgehead atoms. The highest BCUT2D eigenvalue weighted by Crippen LogP contribution is 2.21. The van der Waals surface area contributed by atoms with Crippen LogP contribution in [0.2, 0.25) is 0 Å². The van der Waals surface area contributed by atoms with Crippen molar-refractivity contribution in [3.8, 4) is 5.75 Å². The number of nitrogens with one attached hydrogen (secondary N) is 1. The van der Waals surface area contributed by atoms with Crippen molar-refractivity contribution in [3.63, 3.8) is 0 Å². The average molecular weight is 325 g/mol. The van der Waals surface area contributed by atoms with E-state index in [9.17, 15) is 0 Å². The minimum absolute atomic E-state index is 0.371. The van der Waals surface area contributed by atoms with Crippen LogP contribution in [0.15, 0.2) is 48.5 Å². The summed E-state index contributed by atoms with van der Waals surface area (Å²) < 4.78 is 5.81. The quantitative estimate of drug-likeness (QED) is 0.642. The van der Waals surface area contributed by atoms with Crippen molar-refractivity contribution < 1.29 is 4.74 Å². The lowest BCUT2D eigenvalue weighted by molar-refractivity contribution is 0.289. The Bertz CT molecular complexity index is 604. The summed E-state index contributed by atoms with van der Waals surface area (Å²) in [6, 6.07) is 17.6. The van der Waals surface area contributed by atoms with Crippen molar-refractivity contribution in [2.75, 3.05) is 6.61 Å². The molecule has 2 rings (SSSR count). The van der Waals surface area contributed by atoms with Crippen LogP contribution in [0.5, 0.6) is 5.75 Å². The smallest absolute Gasteiger partial charge is 0.119 e. The number of benzene rings is 2. The lowest BCUT2D eigenvalue weighted by Crippen LogP contribution is -2.20. The summed E-state index contributed by atoms with van der Waals surface area (Å²) in [6.45, 7) is 10.5. The van der Waals surface area contributed by atoms with Gasteiger partial charge in [-0.1, -0.05) is 62.7 Å². The molecule has 1 N–H and O–H groups in total. The molecule has 2 aromatic carbocycles. The zero-order valence-electron chi connectivity index (χ0n) is 15.5. The molecule has 0 saturated heterocycles. The zero-order valence-corrected chi connectivity index (χ0v) is 15.5. The lowest BCUT2D eigenvalue weighted by Gasteiger charge is -2.18. The Morgan fingerprint density at radius 2 is 1.79 bits per heavy atom. The van der Waals surface area contributed by atoms with Crippen LogP contribution in [0, 0.1) is 12.8 Å². The summed E-state index contributed by atoms with van der Waals surface area (Å²) in [4.78, 5) is 0. The maximum absolute atomic E-state index is 5.81. The number of hydrogen-bond acceptors (Lipinski definition) is 2. The fourth-order valence-corrected chi connectivity index (χ4v) is 2.77. The van der Waals surface area contributed by atoms with Crippen LogP contribution in [0.3, 0.4) is 0 Å². The van der Waals surface area contributed by atoms with Crippen LogP contribution < -0.4 is 10.1 Å². The van der Waals surface area contributed by atoms with Crippen molar-refractivity contribution in [2.24, 2.45) is 5.92 Å². The van der Waals surface area contributed by atoms with Crippen molar-refractivity contribution in [3.05, 3.63) is 65.2 Å². The normalized spacial score (nSPS) is 12.4. The van der Waals surface area contributed by atoms with E-state index in [1.807, 2.05) is 0 Å². The highest BCUT2D eigenvalue weighted by Gasteiger charge is 2.09. The predicted octanol–water partition coefficient (Wildman–Crippen LogP) is 5.66. The van der Waals surface area contributed by atoms with Crippen LogP contribution in [-0.2, 0) is 6.54 Å². The molecule has 2 nitrogen and oxygen atoms in total. The lowest BCUT2D eigenvalue weighted by atomic mass is 10.0. The summed E-state index contributed by atoms with van der Waals surface area (Å²) in [5.41, 5.74) is 3.97. The largest absolute Gasteiger partial charge is 0.494 e. The molecule has 130 valence electrons. The van der Waals surface area contributed by atoms with Gasteiger partial charge < -0.3 is 10.1 Å². The molecule has 2 heteroatoms. The van der Waals surface area contributed by atoms with Gasteiger partial charge in [0.2, 0.25) is 0 Å². The van der Waals surface area contributed by atoms with Gasteiger partial charge in [0.1, 0.15) is 5.75 Å². The Morgan fingerprint density at radius 1 is 1.04 bits per heavy atom. The van der Waals surface area contributed by atoms with Gasteiger partial charge in [-0.3, -0.25) is 0 Å². The van der Waals surface area contributed by atoms with Crippen LogP contribution in [0.25, 0.3) is 0 Å². The van der Waals surface area contributed by atoms with Crippen LogP contribution in [-0.4, -0.2) is 6.61 Å². The van der Waals surface area contributed by atoms with E-state index < -0.39 is 0 Å². The van der Waals surface area contributed by atoms with E-state index >= 15 is 0 Å². The molecule has 0 saturated carbocycles. The first-order chi connectivity index (χ1) is 11.6. The molecule has 2 aromatic rings. The second-order valence-electron chi connectivity index (χ2n) is 6.93. The molecule has 0 heterocycles. The van der Waals surface area contributed by atoms with Gasteiger partial charge in [0.05, 0.1) is 6.61 Å². The third-order valence-corrected chi connectivity index (χ3v) is 4.29. The third-order valence-electron chi connectivity index (χ3n) is 4.29. The maximum atomic E-state index is 5.81. The number of ether oxygens (including phenoxy) is 1. The van der Waals surface area contributed by atoms with Gasteiger partial charge in [0.15, 0.2) is 0 Å². The molecule has 0 aromatic heterocycles. The molecule has 1 atom stereocenters. The van der Waals surface area contributed by atoms with E-state index in [4.69, 9.17) is 4.74 Å². The standard InChI is InChI=1S/C22H31NO/c1-5-22(23-16-19-8-6-7-18(4)15-19)20-9-11-21(12-10-20)24-14-13-17(2)3/h6-12,15,17,22-23H,5,13-14,16H2,1-4H3. The summed E-state index contributed by atoms with van der Waals surface area (Å²) in [7, 11) is 0. The van der Waals surface area contributed by atoms with Crippen molar-refractivity contribution in [2.45, 2.75) is 53.1 Å². The summed E-state index contributed by atoms with van der Waals surface area (Å²) >= 11 is 0. The number of hydrogen-bond donors (Lipinski definition) is 1. The highest BCUT2D eigenvalue weighted by atomic mass is 16.5. The van der Waals surface area contributed by atoms with Crippen LogP contribution >= 0.6 is 0 Å². The minimum Gasteiger partial charge on any atom is -0.494 e. The first kappa shape index (κ1) is 18.5. The molecular formula is C22H31NO. The van der Waals surface area contributed by atoms with Crippen molar-refractivity contribution in [1.29, 1.82) is 0 Å². The van der Waals surface area contributed by atoms with Crippen LogP contribution in [0.4, 0.5) is 0 Å². The third kappa shape index (κ3) is 6.01. The van der Waals surface area contributed by atoms with Gasteiger partial charge in [-0.25, -0.2) is 0 Å². The molecule has 0 aliphatic heterocycles. The van der Waals surface area contributed by atoms with E-state index in [1.165, 1.54) is 16.7 Å². The Labute approximate surface area is 147 Å². The average Bonchev–Trinajstić information content (AvgIpc) is 2.56. The topological polar surface area (TPSA) is 21.3 Å². The van der Waals surface area contributed by atoms with E-state index in [1.54, 1.807) is 0 Å². The second-order valence-corrected chi connectivity index (χ2v) is 6.93. The Hall–Kier alpha value is -1.80. The Kier molecular flexibility index (Phi) is 7.33.